The van der Waals surface area contributed by atoms with Crippen LogP contribution in [0.15, 0.2) is 48.5 Å². The smallest absolute Gasteiger partial charge is 0.222 e. The molecule has 2 aromatic carbocycles. The van der Waals surface area contributed by atoms with Crippen LogP contribution in [0.5, 0.6) is 0 Å². The number of ether oxygens (including phenoxy) is 1. The fraction of sp³-hybridized carbons (Fsp3) is 0.567. The summed E-state index contributed by atoms with van der Waals surface area (Å²) in [6, 6.07) is 16.7. The molecular formula is C30H44N2O3. The summed E-state index contributed by atoms with van der Waals surface area (Å²) in [6.07, 6.45) is 4.81. The van der Waals surface area contributed by atoms with Crippen molar-refractivity contribution in [2.24, 2.45) is 11.8 Å². The van der Waals surface area contributed by atoms with E-state index in [-0.39, 0.29) is 11.8 Å². The van der Waals surface area contributed by atoms with E-state index < -0.39 is 5.60 Å². The second kappa shape index (κ2) is 13.2. The first-order valence-electron chi connectivity index (χ1n) is 13.2. The first kappa shape index (κ1) is 27.4. The molecule has 1 aliphatic heterocycles. The number of benzene rings is 2. The maximum Gasteiger partial charge on any atom is 0.222 e. The molecule has 1 aliphatic rings. The summed E-state index contributed by atoms with van der Waals surface area (Å²) in [7, 11) is 3.65. The lowest BCUT2D eigenvalue weighted by molar-refractivity contribution is -0.137. The maximum absolute atomic E-state index is 13.1. The van der Waals surface area contributed by atoms with Gasteiger partial charge >= 0.3 is 0 Å². The molecule has 0 radical (unpaired) electrons. The fourth-order valence-electron chi connectivity index (χ4n) is 5.61. The van der Waals surface area contributed by atoms with Crippen LogP contribution in [0.3, 0.4) is 0 Å². The number of piperidine rings is 1. The van der Waals surface area contributed by atoms with Gasteiger partial charge in [-0.1, -0.05) is 55.5 Å². The van der Waals surface area contributed by atoms with Crippen LogP contribution in [0.1, 0.15) is 56.6 Å². The summed E-state index contributed by atoms with van der Waals surface area (Å²) >= 11 is 0. The number of aliphatic hydroxyl groups is 1. The molecule has 0 unspecified atom stereocenters. The first-order valence-corrected chi connectivity index (χ1v) is 13.2. The molecule has 3 atom stereocenters. The molecule has 2 aromatic rings. The third kappa shape index (κ3) is 6.93. The lowest BCUT2D eigenvalue weighted by atomic mass is 9.71. The topological polar surface area (TPSA) is 61.8 Å². The van der Waals surface area contributed by atoms with Crippen LogP contribution in [0.4, 0.5) is 0 Å². The number of hydrogen-bond acceptors (Lipinski definition) is 4. The third-order valence-corrected chi connectivity index (χ3v) is 7.51. The normalized spacial score (nSPS) is 18.8. The number of nitrogens with one attached hydrogen (secondary N) is 1. The van der Waals surface area contributed by atoms with Gasteiger partial charge in [-0.3, -0.25) is 4.79 Å². The summed E-state index contributed by atoms with van der Waals surface area (Å²) in [5, 5.41) is 15.7. The largest absolute Gasteiger partial charge is 0.385 e. The van der Waals surface area contributed by atoms with Crippen LogP contribution >= 0.6 is 0 Å². The van der Waals surface area contributed by atoms with Gasteiger partial charge in [0.1, 0.15) is 0 Å². The fourth-order valence-corrected chi connectivity index (χ4v) is 5.61. The maximum atomic E-state index is 13.1. The number of methoxy groups -OCH3 is 1. The lowest BCUT2D eigenvalue weighted by Gasteiger charge is -2.44. The van der Waals surface area contributed by atoms with E-state index >= 15 is 0 Å². The van der Waals surface area contributed by atoms with E-state index in [1.54, 1.807) is 7.11 Å². The molecule has 192 valence electrons. The molecule has 1 amide bonds. The van der Waals surface area contributed by atoms with Gasteiger partial charge in [-0.05, 0) is 80.8 Å². The Balaban J connectivity index is 1.93. The molecule has 35 heavy (non-hydrogen) atoms. The van der Waals surface area contributed by atoms with Crippen molar-refractivity contribution in [2.75, 3.05) is 40.4 Å². The predicted octanol–water partition coefficient (Wildman–Crippen LogP) is 5.15. The Morgan fingerprint density at radius 3 is 2.60 bits per heavy atom. The number of carbonyl (C=O) groups excluding carboxylic acids is 1. The summed E-state index contributed by atoms with van der Waals surface area (Å²) in [5.74, 6) is 0.487. The molecule has 1 fully saturated rings. The summed E-state index contributed by atoms with van der Waals surface area (Å²) < 4.78 is 5.28. The van der Waals surface area contributed by atoms with Gasteiger partial charge in [0.15, 0.2) is 0 Å². The van der Waals surface area contributed by atoms with Crippen LogP contribution in [0.2, 0.25) is 0 Å². The highest BCUT2D eigenvalue weighted by atomic mass is 16.5. The van der Waals surface area contributed by atoms with Crippen molar-refractivity contribution in [2.45, 2.75) is 58.0 Å². The van der Waals surface area contributed by atoms with E-state index in [1.165, 1.54) is 5.56 Å². The van der Waals surface area contributed by atoms with E-state index in [2.05, 4.69) is 61.6 Å². The summed E-state index contributed by atoms with van der Waals surface area (Å²) in [5.41, 5.74) is 3.41. The van der Waals surface area contributed by atoms with E-state index in [0.29, 0.717) is 31.9 Å². The van der Waals surface area contributed by atoms with E-state index in [0.717, 1.165) is 55.5 Å². The Morgan fingerprint density at radius 2 is 1.89 bits per heavy atom. The zero-order chi connectivity index (χ0) is 25.3. The van der Waals surface area contributed by atoms with Crippen molar-refractivity contribution in [3.63, 3.8) is 0 Å². The van der Waals surface area contributed by atoms with Crippen molar-refractivity contribution in [3.8, 4) is 11.1 Å². The second-order valence-corrected chi connectivity index (χ2v) is 10.3. The highest BCUT2D eigenvalue weighted by Crippen LogP contribution is 2.44. The molecule has 2 N–H and O–H groups in total. The zero-order valence-electron chi connectivity index (χ0n) is 22.1. The summed E-state index contributed by atoms with van der Waals surface area (Å²) in [4.78, 5) is 15.1. The van der Waals surface area contributed by atoms with Gasteiger partial charge in [0.2, 0.25) is 5.91 Å². The van der Waals surface area contributed by atoms with Crippen LogP contribution in [0, 0.1) is 18.8 Å². The van der Waals surface area contributed by atoms with Crippen LogP contribution in [-0.2, 0) is 15.1 Å². The van der Waals surface area contributed by atoms with Gasteiger partial charge in [-0.2, -0.15) is 0 Å². The molecule has 0 aromatic heterocycles. The molecule has 3 rings (SSSR count). The standard InChI is InChI=1S/C30H44N2O3/c1-23(21-31-3)20-29(33)32-18-11-13-25(22-32)30(34,17-9-10-19-35-4)28-16-8-7-15-27(28)26-14-6-5-12-24(26)2/h5-8,12,14-16,23,25,31,34H,9-11,13,17-22H2,1-4H3/t23-,25-,30+/m1/s1. The van der Waals surface area contributed by atoms with E-state index in [4.69, 9.17) is 4.74 Å². The zero-order valence-corrected chi connectivity index (χ0v) is 22.1. The number of amides is 1. The van der Waals surface area contributed by atoms with Crippen molar-refractivity contribution < 1.29 is 14.6 Å². The van der Waals surface area contributed by atoms with Gasteiger partial charge in [-0.25, -0.2) is 0 Å². The molecule has 0 saturated carbocycles. The van der Waals surface area contributed by atoms with E-state index in [9.17, 15) is 9.90 Å². The number of aryl methyl sites for hydroxylation is 1. The highest BCUT2D eigenvalue weighted by molar-refractivity contribution is 5.76. The predicted molar refractivity (Wildman–Crippen MR) is 143 cm³/mol. The Kier molecular flexibility index (Phi) is 10.3. The van der Waals surface area contributed by atoms with Crippen molar-refractivity contribution in [3.05, 3.63) is 59.7 Å². The van der Waals surface area contributed by atoms with Gasteiger partial charge in [0.25, 0.3) is 0 Å². The number of unbranched alkanes of at least 4 members (excludes halogenated alkanes) is 1. The van der Waals surface area contributed by atoms with Gasteiger partial charge < -0.3 is 20.1 Å². The lowest BCUT2D eigenvalue weighted by Crippen LogP contribution is -2.48. The quantitative estimate of drug-likeness (QED) is 0.413. The number of hydrogen-bond donors (Lipinski definition) is 2. The third-order valence-electron chi connectivity index (χ3n) is 7.51. The Labute approximate surface area is 211 Å². The number of nitrogens with zero attached hydrogens (tertiary/aromatic N) is 1. The second-order valence-electron chi connectivity index (χ2n) is 10.3. The SMILES string of the molecule is CNC[C@H](C)CC(=O)N1CCC[C@@H]([C@@](O)(CCCCOC)c2ccccc2-c2ccccc2C)C1. The molecule has 1 saturated heterocycles. The van der Waals surface area contributed by atoms with Crippen molar-refractivity contribution in [1.82, 2.24) is 10.2 Å². The van der Waals surface area contributed by atoms with E-state index in [1.807, 2.05) is 18.0 Å². The Morgan fingerprint density at radius 1 is 1.17 bits per heavy atom. The molecule has 1 heterocycles. The van der Waals surface area contributed by atoms with Crippen LogP contribution in [-0.4, -0.2) is 56.3 Å². The van der Waals surface area contributed by atoms with Crippen molar-refractivity contribution in [1.29, 1.82) is 0 Å². The molecule has 5 heteroatoms. The number of carbonyl (C=O) groups is 1. The minimum atomic E-state index is -1.01. The molecule has 0 aliphatic carbocycles. The van der Waals surface area contributed by atoms with Crippen molar-refractivity contribution >= 4 is 5.91 Å². The average Bonchev–Trinajstić information content (AvgIpc) is 2.87. The van der Waals surface area contributed by atoms with Gasteiger partial charge in [0.05, 0.1) is 5.60 Å². The van der Waals surface area contributed by atoms with Crippen LogP contribution < -0.4 is 5.32 Å². The highest BCUT2D eigenvalue weighted by Gasteiger charge is 2.42. The molecule has 0 spiro atoms. The Hall–Kier alpha value is -2.21. The van der Waals surface area contributed by atoms with Crippen LogP contribution in [0.25, 0.3) is 11.1 Å². The minimum absolute atomic E-state index is 0.00693. The molecule has 5 nitrogen and oxygen atoms in total. The van der Waals surface area contributed by atoms with Gasteiger partial charge in [-0.15, -0.1) is 0 Å². The monoisotopic (exact) mass is 480 g/mol. The average molecular weight is 481 g/mol. The molecule has 0 bridgehead atoms. The Bertz CT molecular complexity index is 947. The number of rotatable bonds is 12. The van der Waals surface area contributed by atoms with Gasteiger partial charge in [0, 0.05) is 39.1 Å². The molecular weight excluding hydrogens is 436 g/mol. The number of likely N-dealkylation sites (tertiary alicyclic amines) is 1. The minimum Gasteiger partial charge on any atom is -0.385 e. The first-order chi connectivity index (χ1) is 16.9. The summed E-state index contributed by atoms with van der Waals surface area (Å²) in [6.45, 7) is 7.14.